The van der Waals surface area contributed by atoms with Gasteiger partial charge in [0.1, 0.15) is 0 Å². The van der Waals surface area contributed by atoms with E-state index in [2.05, 4.69) is 108 Å². The summed E-state index contributed by atoms with van der Waals surface area (Å²) in [7, 11) is 0. The van der Waals surface area contributed by atoms with Crippen LogP contribution < -0.4 is 0 Å². The third-order valence-corrected chi connectivity index (χ3v) is 5.00. The number of nitrogens with zero attached hydrogens (tertiary/aromatic N) is 1. The molecule has 0 fully saturated rings. The molecule has 3 aromatic carbocycles. The lowest BCUT2D eigenvalue weighted by Gasteiger charge is -2.09. The van der Waals surface area contributed by atoms with Crippen LogP contribution in [0.3, 0.4) is 0 Å². The minimum Gasteiger partial charge on any atom is -0.309 e. The highest BCUT2D eigenvalue weighted by molar-refractivity contribution is 6.10. The van der Waals surface area contributed by atoms with Gasteiger partial charge >= 0.3 is 0 Å². The molecule has 0 atom stereocenters. The fourth-order valence-corrected chi connectivity index (χ4v) is 3.78. The van der Waals surface area contributed by atoms with Crippen molar-refractivity contribution >= 4 is 27.4 Å². The molecular formula is C27H25N. The zero-order valence-corrected chi connectivity index (χ0v) is 16.5. The summed E-state index contributed by atoms with van der Waals surface area (Å²) in [6, 6.07) is 26.1. The van der Waals surface area contributed by atoms with E-state index < -0.39 is 0 Å². The number of hydrogen-bond acceptors (Lipinski definition) is 0. The molecule has 0 N–H and O–H groups in total. The molecular weight excluding hydrogens is 338 g/mol. The van der Waals surface area contributed by atoms with Crippen LogP contribution in [0.15, 0.2) is 103 Å². The fourth-order valence-electron chi connectivity index (χ4n) is 3.78. The maximum atomic E-state index is 2.37. The molecule has 1 aliphatic rings. The van der Waals surface area contributed by atoms with Crippen LogP contribution in [-0.4, -0.2) is 4.57 Å². The van der Waals surface area contributed by atoms with Gasteiger partial charge < -0.3 is 4.57 Å². The minimum absolute atomic E-state index is 0.993. The van der Waals surface area contributed by atoms with Crippen LogP contribution in [-0.2, 0) is 0 Å². The van der Waals surface area contributed by atoms with Gasteiger partial charge in [0.2, 0.25) is 0 Å². The Bertz CT molecular complexity index is 1190. The van der Waals surface area contributed by atoms with Crippen molar-refractivity contribution in [3.8, 4) is 5.69 Å². The largest absolute Gasteiger partial charge is 0.309 e. The van der Waals surface area contributed by atoms with E-state index in [9.17, 15) is 0 Å². The molecule has 0 aliphatic heterocycles. The number of para-hydroxylation sites is 2. The van der Waals surface area contributed by atoms with Gasteiger partial charge in [0, 0.05) is 16.5 Å². The Hall–Kier alpha value is -3.32. The topological polar surface area (TPSA) is 4.93 Å². The first-order valence-corrected chi connectivity index (χ1v) is 10.0. The van der Waals surface area contributed by atoms with Gasteiger partial charge in [-0.05, 0) is 41.8 Å². The highest BCUT2D eigenvalue weighted by atomic mass is 15.0. The van der Waals surface area contributed by atoms with Crippen LogP contribution in [0.5, 0.6) is 0 Å². The SMILES string of the molecule is C1=CCC=CC(c2ccc3c4ccccc4n(-c4ccccc4)c3c2)=C1.CC. The number of fused-ring (bicyclic) bond motifs is 3. The van der Waals surface area contributed by atoms with Gasteiger partial charge in [-0.15, -0.1) is 0 Å². The van der Waals surface area contributed by atoms with E-state index >= 15 is 0 Å². The molecule has 1 nitrogen and oxygen atoms in total. The van der Waals surface area contributed by atoms with Crippen LogP contribution in [0.1, 0.15) is 25.8 Å². The molecule has 4 aromatic rings. The van der Waals surface area contributed by atoms with Crippen LogP contribution in [0.4, 0.5) is 0 Å². The van der Waals surface area contributed by atoms with Gasteiger partial charge in [0.15, 0.2) is 0 Å². The average molecular weight is 364 g/mol. The number of benzene rings is 3. The Balaban J connectivity index is 0.000000932. The summed E-state index contributed by atoms with van der Waals surface area (Å²) in [6.07, 6.45) is 11.9. The molecule has 0 amide bonds. The highest BCUT2D eigenvalue weighted by Crippen LogP contribution is 2.34. The van der Waals surface area contributed by atoms with Crippen molar-refractivity contribution in [2.45, 2.75) is 20.3 Å². The van der Waals surface area contributed by atoms with Gasteiger partial charge in [0.25, 0.3) is 0 Å². The summed E-state index contributed by atoms with van der Waals surface area (Å²) >= 11 is 0. The normalized spacial score (nSPS) is 13.1. The minimum atomic E-state index is 0.993. The van der Waals surface area contributed by atoms with E-state index in [0.717, 1.165) is 6.42 Å². The molecule has 1 heterocycles. The first kappa shape index (κ1) is 18.1. The molecule has 5 rings (SSSR count). The summed E-state index contributed by atoms with van der Waals surface area (Å²) in [4.78, 5) is 0. The van der Waals surface area contributed by atoms with E-state index in [1.165, 1.54) is 38.6 Å². The maximum absolute atomic E-state index is 2.37. The van der Waals surface area contributed by atoms with E-state index in [0.29, 0.717) is 0 Å². The van der Waals surface area contributed by atoms with Crippen LogP contribution in [0.25, 0.3) is 33.1 Å². The molecule has 1 heteroatoms. The van der Waals surface area contributed by atoms with Crippen LogP contribution in [0.2, 0.25) is 0 Å². The molecule has 0 bridgehead atoms. The van der Waals surface area contributed by atoms with Crippen molar-refractivity contribution in [2.24, 2.45) is 0 Å². The lowest BCUT2D eigenvalue weighted by atomic mass is 10.0. The summed E-state index contributed by atoms with van der Waals surface area (Å²) in [5, 5.41) is 2.59. The molecule has 0 saturated heterocycles. The number of allylic oxidation sites excluding steroid dienone is 6. The van der Waals surface area contributed by atoms with Gasteiger partial charge in [-0.25, -0.2) is 0 Å². The molecule has 1 aromatic heterocycles. The number of hydrogen-bond donors (Lipinski definition) is 0. The lowest BCUT2D eigenvalue weighted by Crippen LogP contribution is -1.93. The molecule has 28 heavy (non-hydrogen) atoms. The lowest BCUT2D eigenvalue weighted by molar-refractivity contribution is 1.18. The van der Waals surface area contributed by atoms with E-state index in [-0.39, 0.29) is 0 Å². The third kappa shape index (κ3) is 3.20. The van der Waals surface area contributed by atoms with Gasteiger partial charge in [-0.3, -0.25) is 0 Å². The summed E-state index contributed by atoms with van der Waals surface area (Å²) < 4.78 is 2.37. The van der Waals surface area contributed by atoms with E-state index in [4.69, 9.17) is 0 Å². The standard InChI is InChI=1S/C25H19N.C2H6/c1-2-5-11-19(10-4-1)20-16-17-23-22-14-8-9-15-24(22)26(25(23)18-20)21-12-6-3-7-13-21;1-2/h1,3-18H,2H2;1-2H3. The smallest absolute Gasteiger partial charge is 0.0547 e. The Kier molecular flexibility index (Phi) is 5.25. The Morgan fingerprint density at radius 1 is 0.714 bits per heavy atom. The van der Waals surface area contributed by atoms with E-state index in [1.54, 1.807) is 0 Å². The quantitative estimate of drug-likeness (QED) is 0.344. The summed E-state index contributed by atoms with van der Waals surface area (Å²) in [5.41, 5.74) is 6.19. The zero-order valence-electron chi connectivity index (χ0n) is 16.5. The Morgan fingerprint density at radius 2 is 1.46 bits per heavy atom. The summed E-state index contributed by atoms with van der Waals surface area (Å²) in [6.45, 7) is 4.00. The molecule has 0 saturated carbocycles. The molecule has 0 radical (unpaired) electrons. The van der Waals surface area contributed by atoms with E-state index in [1.807, 2.05) is 13.8 Å². The molecule has 0 unspecified atom stereocenters. The second-order valence-electron chi connectivity index (χ2n) is 6.61. The molecule has 0 spiro atoms. The average Bonchev–Trinajstić information content (AvgIpc) is 2.90. The number of aromatic nitrogens is 1. The Morgan fingerprint density at radius 3 is 2.32 bits per heavy atom. The highest BCUT2D eigenvalue weighted by Gasteiger charge is 2.12. The second kappa shape index (κ2) is 8.14. The first-order chi connectivity index (χ1) is 13.9. The maximum Gasteiger partial charge on any atom is 0.0547 e. The summed E-state index contributed by atoms with van der Waals surface area (Å²) in [5.74, 6) is 0. The van der Waals surface area contributed by atoms with Crippen LogP contribution in [0, 0.1) is 0 Å². The zero-order chi connectivity index (χ0) is 19.3. The predicted octanol–water partition coefficient (Wildman–Crippen LogP) is 7.71. The van der Waals surface area contributed by atoms with Crippen molar-refractivity contribution in [1.82, 2.24) is 4.57 Å². The monoisotopic (exact) mass is 363 g/mol. The number of rotatable bonds is 2. The van der Waals surface area contributed by atoms with Crippen molar-refractivity contribution in [3.63, 3.8) is 0 Å². The molecule has 138 valence electrons. The van der Waals surface area contributed by atoms with Gasteiger partial charge in [-0.2, -0.15) is 0 Å². The fraction of sp³-hybridized carbons (Fsp3) is 0.111. The third-order valence-electron chi connectivity index (χ3n) is 5.00. The van der Waals surface area contributed by atoms with Crippen molar-refractivity contribution in [2.75, 3.05) is 0 Å². The van der Waals surface area contributed by atoms with Crippen LogP contribution >= 0.6 is 0 Å². The predicted molar refractivity (Wildman–Crippen MR) is 123 cm³/mol. The first-order valence-electron chi connectivity index (χ1n) is 10.0. The van der Waals surface area contributed by atoms with Gasteiger partial charge in [0.05, 0.1) is 11.0 Å². The van der Waals surface area contributed by atoms with Gasteiger partial charge in [-0.1, -0.05) is 92.8 Å². The van der Waals surface area contributed by atoms with Crippen molar-refractivity contribution in [3.05, 3.63) is 109 Å². The van der Waals surface area contributed by atoms with Crippen molar-refractivity contribution in [1.29, 1.82) is 0 Å². The second-order valence-corrected chi connectivity index (χ2v) is 6.61. The Labute approximate surface area is 166 Å². The van der Waals surface area contributed by atoms with Crippen molar-refractivity contribution < 1.29 is 0 Å². The molecule has 1 aliphatic carbocycles.